The van der Waals surface area contributed by atoms with Crippen LogP contribution in [0.15, 0.2) is 0 Å². The van der Waals surface area contributed by atoms with Crippen molar-refractivity contribution in [3.05, 3.63) is 0 Å². The third-order valence-electron chi connectivity index (χ3n) is 1.32. The second-order valence-electron chi connectivity index (χ2n) is 2.30. The zero-order chi connectivity index (χ0) is 9.56. The van der Waals surface area contributed by atoms with E-state index >= 15 is 0 Å². The lowest BCUT2D eigenvalue weighted by Gasteiger charge is -2.03. The molecule has 0 aromatic rings. The largest absolute Gasteiger partial charge is 0.480 e. The summed E-state index contributed by atoms with van der Waals surface area (Å²) in [5.74, 6) is -1.89. The fourth-order valence-corrected chi connectivity index (χ4v) is 0.635. The molecule has 70 valence electrons. The molecule has 0 rings (SSSR count). The van der Waals surface area contributed by atoms with Crippen molar-refractivity contribution < 1.29 is 24.8 Å². The van der Waals surface area contributed by atoms with E-state index in [1.165, 1.54) is 0 Å². The molecule has 1 atom stereocenters. The van der Waals surface area contributed by atoms with Gasteiger partial charge in [-0.3, -0.25) is 4.79 Å². The summed E-state index contributed by atoms with van der Waals surface area (Å²) in [5, 5.41) is 16.1. The number of aliphatic carboxylic acids is 1. The van der Waals surface area contributed by atoms with Gasteiger partial charge in [0.2, 0.25) is 0 Å². The number of carbonyl (C=O) groups excluding carboxylic acids is 1. The molecule has 0 aromatic heterocycles. The van der Waals surface area contributed by atoms with Crippen LogP contribution in [-0.2, 0) is 14.5 Å². The summed E-state index contributed by atoms with van der Waals surface area (Å²) in [6.45, 7) is 0. The van der Waals surface area contributed by atoms with Crippen LogP contribution in [-0.4, -0.2) is 28.3 Å². The van der Waals surface area contributed by atoms with Crippen LogP contribution < -0.4 is 5.73 Å². The molecular formula is C6H11NO5. The number of hydrogen-bond acceptors (Lipinski definition) is 5. The van der Waals surface area contributed by atoms with Crippen LogP contribution in [0.2, 0.25) is 0 Å². The Hall–Kier alpha value is -1.14. The number of carboxylic acids is 1. The van der Waals surface area contributed by atoms with Crippen molar-refractivity contribution in [2.75, 3.05) is 0 Å². The Labute approximate surface area is 68.9 Å². The van der Waals surface area contributed by atoms with E-state index in [0.29, 0.717) is 0 Å². The summed E-state index contributed by atoms with van der Waals surface area (Å²) in [6, 6.07) is -0.962. The van der Waals surface area contributed by atoms with Crippen molar-refractivity contribution in [2.45, 2.75) is 25.3 Å². The Kier molecular flexibility index (Phi) is 4.98. The van der Waals surface area contributed by atoms with Crippen molar-refractivity contribution in [3.8, 4) is 0 Å². The maximum atomic E-state index is 10.3. The van der Waals surface area contributed by atoms with Crippen molar-refractivity contribution >= 4 is 11.9 Å². The minimum Gasteiger partial charge on any atom is -0.480 e. The maximum Gasteiger partial charge on any atom is 0.342 e. The molecule has 1 unspecified atom stereocenters. The Morgan fingerprint density at radius 1 is 1.50 bits per heavy atom. The minimum atomic E-state index is -1.10. The molecule has 0 radical (unpaired) electrons. The van der Waals surface area contributed by atoms with E-state index in [1.54, 1.807) is 0 Å². The Morgan fingerprint density at radius 2 is 2.08 bits per heavy atom. The number of rotatable bonds is 5. The summed E-state index contributed by atoms with van der Waals surface area (Å²) in [7, 11) is 0. The fourth-order valence-electron chi connectivity index (χ4n) is 0.635. The first-order valence-electron chi connectivity index (χ1n) is 3.40. The molecule has 0 bridgehead atoms. The highest BCUT2D eigenvalue weighted by atomic mass is 17.1. The fraction of sp³-hybridized carbons (Fsp3) is 0.667. The highest BCUT2D eigenvalue weighted by molar-refractivity contribution is 5.73. The van der Waals surface area contributed by atoms with Crippen molar-refractivity contribution in [3.63, 3.8) is 0 Å². The zero-order valence-corrected chi connectivity index (χ0v) is 6.40. The van der Waals surface area contributed by atoms with Crippen LogP contribution >= 0.6 is 0 Å². The first-order valence-corrected chi connectivity index (χ1v) is 3.40. The topological polar surface area (TPSA) is 110 Å². The molecule has 0 amide bonds. The van der Waals surface area contributed by atoms with Gasteiger partial charge in [-0.1, -0.05) is 0 Å². The third kappa shape index (κ3) is 4.64. The molecule has 0 aliphatic rings. The van der Waals surface area contributed by atoms with E-state index < -0.39 is 18.0 Å². The summed E-state index contributed by atoms with van der Waals surface area (Å²) in [6.07, 6.45) is 0.439. The van der Waals surface area contributed by atoms with Crippen molar-refractivity contribution in [2.24, 2.45) is 5.73 Å². The molecule has 0 saturated heterocycles. The van der Waals surface area contributed by atoms with Gasteiger partial charge in [0.15, 0.2) is 0 Å². The Bertz CT molecular complexity index is 169. The predicted octanol–water partition coefficient (Wildman–Crippen LogP) is -0.415. The van der Waals surface area contributed by atoms with Gasteiger partial charge >= 0.3 is 11.9 Å². The number of nitrogens with two attached hydrogens (primary N) is 1. The lowest BCUT2D eigenvalue weighted by molar-refractivity contribution is -0.234. The quantitative estimate of drug-likeness (QED) is 0.388. The average Bonchev–Trinajstić information content (AvgIpc) is 2.03. The summed E-state index contributed by atoms with van der Waals surface area (Å²) in [5.41, 5.74) is 5.13. The molecule has 4 N–H and O–H groups in total. The molecule has 0 aromatic carbocycles. The van der Waals surface area contributed by atoms with Crippen LogP contribution in [0.25, 0.3) is 0 Å². The van der Waals surface area contributed by atoms with E-state index in [4.69, 9.17) is 16.1 Å². The highest BCUT2D eigenvalue weighted by Crippen LogP contribution is 1.99. The van der Waals surface area contributed by atoms with Crippen LogP contribution in [0.3, 0.4) is 0 Å². The van der Waals surface area contributed by atoms with E-state index in [-0.39, 0.29) is 19.3 Å². The monoisotopic (exact) mass is 177 g/mol. The summed E-state index contributed by atoms with van der Waals surface area (Å²) < 4.78 is 0. The van der Waals surface area contributed by atoms with Crippen LogP contribution in [0, 0.1) is 0 Å². The van der Waals surface area contributed by atoms with Gasteiger partial charge < -0.3 is 15.7 Å². The lowest BCUT2D eigenvalue weighted by atomic mass is 10.1. The Morgan fingerprint density at radius 3 is 2.50 bits per heavy atom. The zero-order valence-electron chi connectivity index (χ0n) is 6.40. The second kappa shape index (κ2) is 5.50. The van der Waals surface area contributed by atoms with Crippen LogP contribution in [0.5, 0.6) is 0 Å². The molecule has 6 nitrogen and oxygen atoms in total. The predicted molar refractivity (Wildman–Crippen MR) is 38.2 cm³/mol. The minimum absolute atomic E-state index is 0.0303. The molecule has 0 saturated carbocycles. The van der Waals surface area contributed by atoms with Crippen molar-refractivity contribution in [1.82, 2.24) is 0 Å². The molecule has 0 aliphatic heterocycles. The van der Waals surface area contributed by atoms with Gasteiger partial charge in [0.1, 0.15) is 6.04 Å². The maximum absolute atomic E-state index is 10.3. The third-order valence-corrected chi connectivity index (χ3v) is 1.32. The smallest absolute Gasteiger partial charge is 0.342 e. The number of carbonyl (C=O) groups is 2. The van der Waals surface area contributed by atoms with Gasteiger partial charge in [-0.25, -0.2) is 4.79 Å². The van der Waals surface area contributed by atoms with E-state index in [0.717, 1.165) is 0 Å². The van der Waals surface area contributed by atoms with Crippen LogP contribution in [0.4, 0.5) is 0 Å². The average molecular weight is 177 g/mol. The lowest BCUT2D eigenvalue weighted by Crippen LogP contribution is -2.29. The molecule has 12 heavy (non-hydrogen) atoms. The first-order chi connectivity index (χ1) is 5.57. The molecule has 0 aliphatic carbocycles. The van der Waals surface area contributed by atoms with Gasteiger partial charge in [-0.15, -0.1) is 0 Å². The van der Waals surface area contributed by atoms with E-state index in [2.05, 4.69) is 4.89 Å². The SMILES string of the molecule is NC(CCCC(=O)OO)C(=O)O. The normalized spacial score (nSPS) is 12.2. The van der Waals surface area contributed by atoms with Gasteiger partial charge in [0, 0.05) is 6.42 Å². The summed E-state index contributed by atoms with van der Waals surface area (Å²) in [4.78, 5) is 23.8. The first kappa shape index (κ1) is 10.9. The summed E-state index contributed by atoms with van der Waals surface area (Å²) >= 11 is 0. The van der Waals surface area contributed by atoms with Gasteiger partial charge in [-0.2, -0.15) is 5.26 Å². The molecule has 6 heteroatoms. The van der Waals surface area contributed by atoms with Gasteiger partial charge in [0.25, 0.3) is 0 Å². The van der Waals surface area contributed by atoms with Gasteiger partial charge in [0.05, 0.1) is 0 Å². The second-order valence-corrected chi connectivity index (χ2v) is 2.30. The standard InChI is InChI=1S/C6H11NO5/c7-4(6(9)10)2-1-3-5(8)12-11/h4,11H,1-3,7H2,(H,9,10). The van der Waals surface area contributed by atoms with Gasteiger partial charge in [-0.05, 0) is 12.8 Å². The molecular weight excluding hydrogens is 166 g/mol. The number of hydrogen-bond donors (Lipinski definition) is 3. The molecule has 0 spiro atoms. The van der Waals surface area contributed by atoms with Crippen molar-refractivity contribution in [1.29, 1.82) is 0 Å². The Balaban J connectivity index is 3.43. The molecule has 0 heterocycles. The van der Waals surface area contributed by atoms with Crippen LogP contribution in [0.1, 0.15) is 19.3 Å². The van der Waals surface area contributed by atoms with E-state index in [1.807, 2.05) is 0 Å². The molecule has 0 fully saturated rings. The van der Waals surface area contributed by atoms with E-state index in [9.17, 15) is 9.59 Å². The highest BCUT2D eigenvalue weighted by Gasteiger charge is 2.11. The number of carboxylic acid groups (broad SMARTS) is 1.